The van der Waals surface area contributed by atoms with E-state index in [1.807, 2.05) is 24.5 Å². The van der Waals surface area contributed by atoms with Gasteiger partial charge in [0.05, 0.1) is 11.4 Å². The van der Waals surface area contributed by atoms with Crippen molar-refractivity contribution in [2.75, 3.05) is 0 Å². The summed E-state index contributed by atoms with van der Waals surface area (Å²) in [5.74, 6) is 0. The van der Waals surface area contributed by atoms with E-state index >= 15 is 0 Å². The molecule has 1 saturated carbocycles. The van der Waals surface area contributed by atoms with E-state index in [9.17, 15) is 26.3 Å². The van der Waals surface area contributed by atoms with Crippen LogP contribution in [0.15, 0.2) is 109 Å². The number of rotatable bonds is 10. The average Bonchev–Trinajstić information content (AvgIpc) is 3.08. The van der Waals surface area contributed by atoms with Crippen LogP contribution in [0.2, 0.25) is 0 Å². The predicted molar refractivity (Wildman–Crippen MR) is 177 cm³/mol. The van der Waals surface area contributed by atoms with Crippen LogP contribution in [0.3, 0.4) is 0 Å². The first-order valence-corrected chi connectivity index (χ1v) is 18.6. The van der Waals surface area contributed by atoms with E-state index in [2.05, 4.69) is 94.7 Å². The number of nitrogens with zero attached hydrogens (tertiary/aromatic N) is 4. The number of hydrogen-bond acceptors (Lipinski definition) is 10. The van der Waals surface area contributed by atoms with Gasteiger partial charge >= 0.3 is 28.1 Å². The van der Waals surface area contributed by atoms with Crippen LogP contribution >= 0.6 is 0 Å². The van der Waals surface area contributed by atoms with Crippen LogP contribution in [-0.2, 0) is 63.5 Å². The molecule has 0 saturated heterocycles. The molecule has 1 aliphatic rings. The smallest absolute Gasteiger partial charge is 0.741 e. The molecule has 1 fully saturated rings. The Morgan fingerprint density at radius 3 is 1.11 bits per heavy atom. The third-order valence-electron chi connectivity index (χ3n) is 7.84. The van der Waals surface area contributed by atoms with Gasteiger partial charge in [-0.15, -0.1) is 0 Å². The van der Waals surface area contributed by atoms with Crippen LogP contribution in [0.25, 0.3) is 0 Å². The quantitative estimate of drug-likeness (QED) is 0.0743. The standard InChI is InChI=1S/C32H36N4.2CHF3O3S.Fe/c1-3-13-27(14-4-1)23-35(25-29-17-9-11-21-33-29)31-19-7-8-20-32(31)36(24-28-15-5-2-6-16-28)26-30-18-10-12-22-34-30;2*2-1(3,4)8(5,6)7;/h1-6,9-18,21-22,31-32H,7-8,19-20,23-26H2;2*(H,5,6,7);/q;;;+4/p-2/t31-,32-;;;/m0.../s1. The molecule has 0 bridgehead atoms. The maximum Gasteiger partial charge on any atom is 4.00 e. The van der Waals surface area contributed by atoms with Crippen LogP contribution < -0.4 is 0 Å². The maximum absolute atomic E-state index is 10.7. The fourth-order valence-corrected chi connectivity index (χ4v) is 5.56. The SMILES string of the molecule is O=S(=O)([O-])C(F)(F)F.O=S(=O)([O-])C(F)(F)F.[Fe+4].c1ccc(CN(Cc2ccccn2)[C@H]2CCCC[C@@H]2N(Cc2ccccc2)Cc2ccccn2)cc1. The summed E-state index contributed by atoms with van der Waals surface area (Å²) in [4.78, 5) is 14.7. The largest absolute Gasteiger partial charge is 4.00 e. The molecule has 19 heteroatoms. The van der Waals surface area contributed by atoms with E-state index in [4.69, 9.17) is 35.9 Å². The molecule has 4 aromatic rings. The molecule has 2 aromatic heterocycles. The fourth-order valence-electron chi connectivity index (χ4n) is 5.56. The Bertz CT molecular complexity index is 1630. The molecule has 0 unspecified atom stereocenters. The van der Waals surface area contributed by atoms with Crippen molar-refractivity contribution < 1.29 is 69.4 Å². The number of alkyl halides is 6. The van der Waals surface area contributed by atoms with Gasteiger partial charge in [0.25, 0.3) is 0 Å². The topological polar surface area (TPSA) is 147 Å². The second-order valence-electron chi connectivity index (χ2n) is 11.6. The Balaban J connectivity index is 0.000000480. The number of halogens is 6. The van der Waals surface area contributed by atoms with Gasteiger partial charge < -0.3 is 9.11 Å². The van der Waals surface area contributed by atoms with Gasteiger partial charge in [-0.05, 0) is 48.2 Å². The Hall–Kier alpha value is -3.42. The Kier molecular flexibility index (Phi) is 18.0. The maximum atomic E-state index is 10.7. The molecule has 0 N–H and O–H groups in total. The van der Waals surface area contributed by atoms with E-state index in [1.165, 1.54) is 36.8 Å². The second-order valence-corrected chi connectivity index (χ2v) is 14.4. The molecule has 1 aliphatic carbocycles. The van der Waals surface area contributed by atoms with Crippen LogP contribution in [0, 0.1) is 0 Å². The number of benzene rings is 2. The van der Waals surface area contributed by atoms with E-state index in [0.29, 0.717) is 12.1 Å². The van der Waals surface area contributed by atoms with E-state index < -0.39 is 31.3 Å². The van der Waals surface area contributed by atoms with E-state index in [1.54, 1.807) is 0 Å². The summed E-state index contributed by atoms with van der Waals surface area (Å²) in [6.45, 7) is 3.59. The second kappa shape index (κ2) is 20.9. The summed E-state index contributed by atoms with van der Waals surface area (Å²) in [5.41, 5.74) is -6.30. The molecule has 0 amide bonds. The van der Waals surface area contributed by atoms with Crippen molar-refractivity contribution in [2.24, 2.45) is 0 Å². The summed E-state index contributed by atoms with van der Waals surface area (Å²) in [5, 5.41) is 0. The number of hydrogen-bond donors (Lipinski definition) is 0. The summed E-state index contributed by atoms with van der Waals surface area (Å²) in [7, 11) is -12.2. The van der Waals surface area contributed by atoms with Crippen molar-refractivity contribution in [1.29, 1.82) is 0 Å². The molecule has 5 rings (SSSR count). The predicted octanol–water partition coefficient (Wildman–Crippen LogP) is 6.59. The van der Waals surface area contributed by atoms with Gasteiger partial charge in [-0.25, -0.2) is 16.8 Å². The Morgan fingerprint density at radius 2 is 0.849 bits per heavy atom. The molecule has 2 aromatic carbocycles. The van der Waals surface area contributed by atoms with Gasteiger partial charge in [0.2, 0.25) is 0 Å². The normalized spacial score (nSPS) is 16.4. The molecule has 0 radical (unpaired) electrons. The minimum Gasteiger partial charge on any atom is -0.741 e. The molecular formula is C34H36F6FeN4O6S2+2. The molecule has 10 nitrogen and oxygen atoms in total. The van der Waals surface area contributed by atoms with Gasteiger partial charge in [-0.1, -0.05) is 85.6 Å². The van der Waals surface area contributed by atoms with Crippen molar-refractivity contribution in [1.82, 2.24) is 19.8 Å². The van der Waals surface area contributed by atoms with Gasteiger partial charge in [-0.2, -0.15) is 26.3 Å². The summed E-state index contributed by atoms with van der Waals surface area (Å²) in [6.07, 6.45) is 8.79. The Morgan fingerprint density at radius 1 is 0.547 bits per heavy atom. The third-order valence-corrected chi connectivity index (χ3v) is 8.97. The van der Waals surface area contributed by atoms with Gasteiger partial charge in [0, 0.05) is 50.7 Å². The minimum atomic E-state index is -6.09. The zero-order valence-corrected chi connectivity index (χ0v) is 30.6. The van der Waals surface area contributed by atoms with Crippen molar-refractivity contribution in [3.05, 3.63) is 132 Å². The third kappa shape index (κ3) is 15.8. The van der Waals surface area contributed by atoms with Crippen LogP contribution in [-0.4, -0.2) is 68.8 Å². The van der Waals surface area contributed by atoms with Crippen LogP contribution in [0.4, 0.5) is 26.3 Å². The van der Waals surface area contributed by atoms with Crippen LogP contribution in [0.1, 0.15) is 48.2 Å². The van der Waals surface area contributed by atoms with Gasteiger partial charge in [0.15, 0.2) is 20.2 Å². The first-order chi connectivity index (χ1) is 24.3. The van der Waals surface area contributed by atoms with Crippen LogP contribution in [0.5, 0.6) is 0 Å². The zero-order valence-electron chi connectivity index (χ0n) is 27.9. The number of aromatic nitrogens is 2. The molecule has 0 spiro atoms. The van der Waals surface area contributed by atoms with Crippen molar-refractivity contribution in [3.63, 3.8) is 0 Å². The zero-order chi connectivity index (χ0) is 38.4. The molecule has 0 aliphatic heterocycles. The molecule has 2 atom stereocenters. The van der Waals surface area contributed by atoms with E-state index in [-0.39, 0.29) is 17.1 Å². The van der Waals surface area contributed by atoms with Crippen molar-refractivity contribution in [3.8, 4) is 0 Å². The number of pyridine rings is 2. The molecule has 2 heterocycles. The first kappa shape index (κ1) is 45.7. The molecule has 53 heavy (non-hydrogen) atoms. The fraction of sp³-hybridized carbons (Fsp3) is 0.353. The summed E-state index contributed by atoms with van der Waals surface area (Å²) in [6, 6.07) is 35.2. The summed E-state index contributed by atoms with van der Waals surface area (Å²) < 4.78 is 118. The Labute approximate surface area is 315 Å². The monoisotopic (exact) mass is 830 g/mol. The average molecular weight is 831 g/mol. The molecule has 288 valence electrons. The summed E-state index contributed by atoms with van der Waals surface area (Å²) >= 11 is 0. The molecular weight excluding hydrogens is 794 g/mol. The van der Waals surface area contributed by atoms with E-state index in [0.717, 1.165) is 37.6 Å². The van der Waals surface area contributed by atoms with Crippen molar-refractivity contribution >= 4 is 20.2 Å². The minimum absolute atomic E-state index is 0. The van der Waals surface area contributed by atoms with Gasteiger partial charge in [0.1, 0.15) is 0 Å². The van der Waals surface area contributed by atoms with Crippen molar-refractivity contribution in [2.45, 2.75) is 75.0 Å². The first-order valence-electron chi connectivity index (χ1n) is 15.7. The van der Waals surface area contributed by atoms with Gasteiger partial charge in [-0.3, -0.25) is 19.8 Å².